The topological polar surface area (TPSA) is 43.6 Å². The zero-order valence-corrected chi connectivity index (χ0v) is 33.9. The number of fused-ring (bicyclic) bond motifs is 10. The summed E-state index contributed by atoms with van der Waals surface area (Å²) < 4.78 is 2.46. The minimum atomic E-state index is 0.638. The van der Waals surface area contributed by atoms with Gasteiger partial charge in [-0.2, -0.15) is 0 Å². The summed E-state index contributed by atoms with van der Waals surface area (Å²) in [6.45, 7) is 0. The Morgan fingerprint density at radius 3 is 1.54 bits per heavy atom. The van der Waals surface area contributed by atoms with Crippen molar-refractivity contribution in [1.82, 2.24) is 19.5 Å². The minimum Gasteiger partial charge on any atom is -0.309 e. The molecule has 0 amide bonds. The first-order chi connectivity index (χ1) is 31.2. The van der Waals surface area contributed by atoms with Crippen LogP contribution >= 0.6 is 0 Å². The fourth-order valence-electron chi connectivity index (χ4n) is 10.4. The van der Waals surface area contributed by atoms with Crippen molar-refractivity contribution >= 4 is 97.2 Å². The van der Waals surface area contributed by atoms with Crippen LogP contribution in [-0.2, 0) is 0 Å². The molecule has 0 saturated carbocycles. The lowest BCUT2D eigenvalue weighted by Crippen LogP contribution is -2.01. The first-order valence-electron chi connectivity index (χ1n) is 21.5. The van der Waals surface area contributed by atoms with Gasteiger partial charge in [0.05, 0.1) is 11.0 Å². The molecule has 0 N–H and O–H groups in total. The molecule has 0 saturated heterocycles. The molecule has 0 bridgehead atoms. The zero-order valence-electron chi connectivity index (χ0n) is 33.9. The Labute approximate surface area is 361 Å². The third-order valence-corrected chi connectivity index (χ3v) is 13.3. The molecule has 2 aromatic heterocycles. The van der Waals surface area contributed by atoms with Gasteiger partial charge in [0.1, 0.15) is 0 Å². The van der Waals surface area contributed by atoms with E-state index in [1.807, 2.05) is 0 Å². The van der Waals surface area contributed by atoms with Crippen LogP contribution in [-0.4, -0.2) is 19.5 Å². The lowest BCUT2D eigenvalue weighted by atomic mass is 9.91. The van der Waals surface area contributed by atoms with Crippen LogP contribution < -0.4 is 0 Å². The molecule has 63 heavy (non-hydrogen) atoms. The van der Waals surface area contributed by atoms with Crippen LogP contribution in [0.3, 0.4) is 0 Å². The molecular formula is C59H34N4. The van der Waals surface area contributed by atoms with Crippen LogP contribution in [0.25, 0.3) is 137 Å². The van der Waals surface area contributed by atoms with Crippen LogP contribution in [0.15, 0.2) is 206 Å². The second-order valence-corrected chi connectivity index (χ2v) is 16.8. The summed E-state index contributed by atoms with van der Waals surface area (Å²) in [7, 11) is 0. The van der Waals surface area contributed by atoms with E-state index < -0.39 is 0 Å². The number of benzene rings is 12. The fourth-order valence-corrected chi connectivity index (χ4v) is 10.4. The lowest BCUT2D eigenvalue weighted by molar-refractivity contribution is 1.08. The highest BCUT2D eigenvalue weighted by Crippen LogP contribution is 2.47. The second-order valence-electron chi connectivity index (χ2n) is 16.8. The van der Waals surface area contributed by atoms with Crippen molar-refractivity contribution in [1.29, 1.82) is 0 Å². The van der Waals surface area contributed by atoms with Gasteiger partial charge in [0.15, 0.2) is 17.5 Å². The first kappa shape index (κ1) is 34.3. The van der Waals surface area contributed by atoms with Gasteiger partial charge in [-0.05, 0) is 112 Å². The molecule has 0 aliphatic carbocycles. The summed E-state index contributed by atoms with van der Waals surface area (Å²) in [5.74, 6) is 1.93. The van der Waals surface area contributed by atoms with E-state index >= 15 is 0 Å². The Bertz CT molecular complexity index is 4210. The highest BCUT2D eigenvalue weighted by Gasteiger charge is 2.22. The van der Waals surface area contributed by atoms with E-state index in [4.69, 9.17) is 15.0 Å². The highest BCUT2D eigenvalue weighted by atomic mass is 15.0. The summed E-state index contributed by atoms with van der Waals surface area (Å²) in [4.78, 5) is 15.7. The van der Waals surface area contributed by atoms with E-state index in [1.165, 1.54) is 70.3 Å². The third kappa shape index (κ3) is 5.06. The largest absolute Gasteiger partial charge is 0.309 e. The van der Waals surface area contributed by atoms with Crippen LogP contribution in [0.5, 0.6) is 0 Å². The van der Waals surface area contributed by atoms with Gasteiger partial charge in [0.2, 0.25) is 0 Å². The lowest BCUT2D eigenvalue weighted by Gasteiger charge is -2.13. The Kier molecular flexibility index (Phi) is 7.08. The van der Waals surface area contributed by atoms with E-state index in [0.717, 1.165) is 49.3 Å². The van der Waals surface area contributed by atoms with E-state index in [-0.39, 0.29) is 0 Å². The smallest absolute Gasteiger partial charge is 0.164 e. The molecule has 4 nitrogen and oxygen atoms in total. The summed E-state index contributed by atoms with van der Waals surface area (Å²) in [6.07, 6.45) is 0. The summed E-state index contributed by atoms with van der Waals surface area (Å²) in [5, 5.41) is 19.6. The van der Waals surface area contributed by atoms with Crippen molar-refractivity contribution in [3.05, 3.63) is 206 Å². The van der Waals surface area contributed by atoms with Gasteiger partial charge in [-0.1, -0.05) is 164 Å². The van der Waals surface area contributed by atoms with E-state index in [9.17, 15) is 0 Å². The molecule has 0 unspecified atom stereocenters. The molecule has 0 radical (unpaired) electrons. The molecule has 0 atom stereocenters. The van der Waals surface area contributed by atoms with E-state index in [2.05, 4.69) is 211 Å². The molecule has 14 rings (SSSR count). The molecule has 0 aliphatic heterocycles. The molecule has 14 aromatic rings. The monoisotopic (exact) mass is 798 g/mol. The van der Waals surface area contributed by atoms with Gasteiger partial charge in [-0.3, -0.25) is 0 Å². The van der Waals surface area contributed by atoms with Crippen LogP contribution in [0.4, 0.5) is 0 Å². The second kappa shape index (κ2) is 13.0. The highest BCUT2D eigenvalue weighted by molar-refractivity contribution is 6.39. The van der Waals surface area contributed by atoms with Gasteiger partial charge in [0, 0.05) is 38.5 Å². The molecule has 290 valence electrons. The summed E-state index contributed by atoms with van der Waals surface area (Å²) >= 11 is 0. The minimum absolute atomic E-state index is 0.638. The number of nitrogens with zero attached hydrogens (tertiary/aromatic N) is 4. The summed E-state index contributed by atoms with van der Waals surface area (Å²) in [6, 6.07) is 74.5. The Hall–Kier alpha value is -8.47. The maximum atomic E-state index is 5.29. The van der Waals surface area contributed by atoms with Crippen molar-refractivity contribution in [2.45, 2.75) is 0 Å². The maximum Gasteiger partial charge on any atom is 0.164 e. The Morgan fingerprint density at radius 2 is 0.778 bits per heavy atom. The van der Waals surface area contributed by atoms with Gasteiger partial charge >= 0.3 is 0 Å². The summed E-state index contributed by atoms with van der Waals surface area (Å²) in [5.41, 5.74) is 6.43. The normalized spacial score (nSPS) is 12.1. The van der Waals surface area contributed by atoms with Gasteiger partial charge in [-0.25, -0.2) is 15.0 Å². The van der Waals surface area contributed by atoms with E-state index in [1.54, 1.807) is 0 Å². The fraction of sp³-hybridized carbons (Fsp3) is 0. The van der Waals surface area contributed by atoms with Crippen molar-refractivity contribution in [3.63, 3.8) is 0 Å². The van der Waals surface area contributed by atoms with Crippen molar-refractivity contribution in [2.75, 3.05) is 0 Å². The molecule has 0 spiro atoms. The number of rotatable bonds is 4. The molecule has 4 heteroatoms. The molecule has 0 fully saturated rings. The first-order valence-corrected chi connectivity index (χ1v) is 21.5. The van der Waals surface area contributed by atoms with Crippen molar-refractivity contribution in [2.24, 2.45) is 0 Å². The molecule has 2 heterocycles. The standard InChI is InChI=1S/C59H34N4/c1-2-13-36-30-41(26-24-35(36)12-1)57-60-58(62-59(61-57)51-33-39-14-3-5-16-44(39)46-18-7-8-19-47(46)51)42-27-25-38-32-43(29-28-37(38)31-42)63-52-23-11-22-50-48-20-9-10-21-49(48)54-45-17-6-4-15-40(45)34-53(63)56(54)55(50)52/h1-34H. The number of aromatic nitrogens is 4. The van der Waals surface area contributed by atoms with E-state index in [0.29, 0.717) is 17.5 Å². The maximum absolute atomic E-state index is 5.29. The quantitative estimate of drug-likeness (QED) is 0.167. The molecule has 12 aromatic carbocycles. The Balaban J connectivity index is 0.966. The van der Waals surface area contributed by atoms with Gasteiger partial charge in [-0.15, -0.1) is 0 Å². The number of hydrogen-bond donors (Lipinski definition) is 0. The third-order valence-electron chi connectivity index (χ3n) is 13.3. The predicted molar refractivity (Wildman–Crippen MR) is 264 cm³/mol. The van der Waals surface area contributed by atoms with Crippen LogP contribution in [0.2, 0.25) is 0 Å². The van der Waals surface area contributed by atoms with Gasteiger partial charge in [0.25, 0.3) is 0 Å². The SMILES string of the molecule is c1ccc2cc(-c3nc(-c4ccc5cc(-n6c7cccc8c9ccccc9c9c%10ccccc%10cc6c9c87)ccc5c4)nc(-c4cc5ccccc5c5ccccc45)n3)ccc2c1. The van der Waals surface area contributed by atoms with Gasteiger partial charge < -0.3 is 4.57 Å². The molecular weight excluding hydrogens is 765 g/mol. The molecule has 0 aliphatic rings. The Morgan fingerprint density at radius 1 is 0.270 bits per heavy atom. The van der Waals surface area contributed by atoms with Crippen LogP contribution in [0.1, 0.15) is 0 Å². The van der Waals surface area contributed by atoms with Crippen LogP contribution in [0, 0.1) is 0 Å². The predicted octanol–water partition coefficient (Wildman–Crippen LogP) is 15.5. The van der Waals surface area contributed by atoms with Crippen molar-refractivity contribution in [3.8, 4) is 39.9 Å². The van der Waals surface area contributed by atoms with Crippen molar-refractivity contribution < 1.29 is 0 Å². The average molecular weight is 799 g/mol. The average Bonchev–Trinajstić information content (AvgIpc) is 3.68. The number of hydrogen-bond acceptors (Lipinski definition) is 3. The zero-order chi connectivity index (χ0) is 41.2.